The lowest BCUT2D eigenvalue weighted by atomic mass is 10.0. The van der Waals surface area contributed by atoms with E-state index in [2.05, 4.69) is 36.8 Å². The number of nitrogens with zero attached hydrogens (tertiary/aromatic N) is 1. The molecule has 0 atom stereocenters. The van der Waals surface area contributed by atoms with Gasteiger partial charge in [-0.25, -0.2) is 4.98 Å². The van der Waals surface area contributed by atoms with Gasteiger partial charge < -0.3 is 0 Å². The normalized spacial score (nSPS) is 12.0. The minimum absolute atomic E-state index is 0.299. The molecule has 1 rings (SSSR count). The first-order valence-electron chi connectivity index (χ1n) is 4.19. The molecule has 0 radical (unpaired) electrons. The summed E-state index contributed by atoms with van der Waals surface area (Å²) in [5.74, 6) is 2.01. The van der Waals surface area contributed by atoms with E-state index in [1.54, 1.807) is 11.3 Å². The molecule has 0 aliphatic heterocycles. The number of thiol groups is 1. The van der Waals surface area contributed by atoms with E-state index >= 15 is 0 Å². The van der Waals surface area contributed by atoms with Gasteiger partial charge in [0, 0.05) is 16.8 Å². The predicted molar refractivity (Wildman–Crippen MR) is 65.2 cm³/mol. The number of thiazole rings is 1. The number of aryl methyl sites for hydroxylation is 1. The van der Waals surface area contributed by atoms with Crippen LogP contribution in [0.5, 0.6) is 0 Å². The second-order valence-electron chi connectivity index (χ2n) is 3.87. The first-order valence-corrected chi connectivity index (χ1v) is 6.69. The molecular weight excluding hydrogens is 218 g/mol. The van der Waals surface area contributed by atoms with Crippen LogP contribution in [0.1, 0.15) is 19.5 Å². The van der Waals surface area contributed by atoms with Crippen LogP contribution in [0, 0.1) is 12.3 Å². The van der Waals surface area contributed by atoms with Gasteiger partial charge in [0.05, 0.1) is 0 Å². The Hall–Kier alpha value is 0.330. The fourth-order valence-electron chi connectivity index (χ4n) is 0.701. The van der Waals surface area contributed by atoms with Crippen LogP contribution in [-0.4, -0.2) is 16.5 Å². The standard InChI is InChI=1S/C9H15NS3/c1-7-4-12-8(10-7)13-6-9(2,3)5-11/h4,11H,5-6H2,1-3H3. The number of hydrogen-bond donors (Lipinski definition) is 1. The molecule has 1 heterocycles. The number of thioether (sulfide) groups is 1. The van der Waals surface area contributed by atoms with Crippen molar-refractivity contribution in [2.24, 2.45) is 5.41 Å². The summed E-state index contributed by atoms with van der Waals surface area (Å²) < 4.78 is 1.17. The third-order valence-corrected chi connectivity index (χ3v) is 5.13. The van der Waals surface area contributed by atoms with Gasteiger partial charge in [0.2, 0.25) is 0 Å². The Balaban J connectivity index is 2.43. The van der Waals surface area contributed by atoms with Crippen LogP contribution in [0.2, 0.25) is 0 Å². The lowest BCUT2D eigenvalue weighted by Gasteiger charge is -2.20. The smallest absolute Gasteiger partial charge is 0.150 e. The summed E-state index contributed by atoms with van der Waals surface area (Å²) in [6.07, 6.45) is 0. The van der Waals surface area contributed by atoms with Crippen molar-refractivity contribution < 1.29 is 0 Å². The molecule has 0 amide bonds. The molecule has 0 fully saturated rings. The molecule has 4 heteroatoms. The summed E-state index contributed by atoms with van der Waals surface area (Å²) in [6, 6.07) is 0. The highest BCUT2D eigenvalue weighted by Gasteiger charge is 2.16. The van der Waals surface area contributed by atoms with Gasteiger partial charge in [-0.15, -0.1) is 11.3 Å². The zero-order valence-electron chi connectivity index (χ0n) is 8.20. The molecule has 74 valence electrons. The van der Waals surface area contributed by atoms with Gasteiger partial charge in [-0.2, -0.15) is 12.6 Å². The van der Waals surface area contributed by atoms with E-state index in [1.165, 1.54) is 4.34 Å². The van der Waals surface area contributed by atoms with E-state index in [4.69, 9.17) is 0 Å². The van der Waals surface area contributed by atoms with Crippen LogP contribution in [0.25, 0.3) is 0 Å². The third kappa shape index (κ3) is 3.92. The highest BCUT2D eigenvalue weighted by molar-refractivity contribution is 8.01. The topological polar surface area (TPSA) is 12.9 Å². The first-order chi connectivity index (χ1) is 6.03. The Kier molecular flexibility index (Phi) is 4.13. The maximum atomic E-state index is 4.40. The zero-order chi connectivity index (χ0) is 9.90. The molecule has 0 unspecified atom stereocenters. The Morgan fingerprint density at radius 2 is 2.31 bits per heavy atom. The zero-order valence-corrected chi connectivity index (χ0v) is 10.7. The molecule has 0 bridgehead atoms. The molecule has 0 aliphatic rings. The van der Waals surface area contributed by atoms with E-state index in [0.29, 0.717) is 5.41 Å². The summed E-state index contributed by atoms with van der Waals surface area (Å²) in [7, 11) is 0. The molecule has 0 saturated carbocycles. The van der Waals surface area contributed by atoms with Gasteiger partial charge in [0.25, 0.3) is 0 Å². The van der Waals surface area contributed by atoms with Crippen LogP contribution in [-0.2, 0) is 0 Å². The van der Waals surface area contributed by atoms with Crippen molar-refractivity contribution in [3.8, 4) is 0 Å². The van der Waals surface area contributed by atoms with Gasteiger partial charge in [0.15, 0.2) is 0 Å². The van der Waals surface area contributed by atoms with Crippen LogP contribution < -0.4 is 0 Å². The number of hydrogen-bond acceptors (Lipinski definition) is 4. The maximum absolute atomic E-state index is 4.40. The highest BCUT2D eigenvalue weighted by atomic mass is 32.2. The van der Waals surface area contributed by atoms with Gasteiger partial charge in [0.1, 0.15) is 4.34 Å². The quantitative estimate of drug-likeness (QED) is 0.631. The predicted octanol–water partition coefficient (Wildman–Crippen LogP) is 3.50. The second-order valence-corrected chi connectivity index (χ2v) is 6.26. The van der Waals surface area contributed by atoms with Crippen LogP contribution in [0.15, 0.2) is 9.72 Å². The molecular formula is C9H15NS3. The molecule has 13 heavy (non-hydrogen) atoms. The molecule has 0 spiro atoms. The lowest BCUT2D eigenvalue weighted by Crippen LogP contribution is -2.16. The van der Waals surface area contributed by atoms with Crippen LogP contribution in [0.4, 0.5) is 0 Å². The van der Waals surface area contributed by atoms with Gasteiger partial charge >= 0.3 is 0 Å². The molecule has 1 aromatic rings. The number of rotatable bonds is 4. The Bertz CT molecular complexity index is 268. The first kappa shape index (κ1) is 11.4. The average Bonchev–Trinajstić information content (AvgIpc) is 2.48. The third-order valence-electron chi connectivity index (χ3n) is 1.61. The molecule has 1 nitrogen and oxygen atoms in total. The highest BCUT2D eigenvalue weighted by Crippen LogP contribution is 2.30. The Morgan fingerprint density at radius 3 is 2.77 bits per heavy atom. The maximum Gasteiger partial charge on any atom is 0.150 e. The van der Waals surface area contributed by atoms with Crippen molar-refractivity contribution in [1.29, 1.82) is 0 Å². The monoisotopic (exact) mass is 233 g/mol. The summed E-state index contributed by atoms with van der Waals surface area (Å²) in [6.45, 7) is 6.49. The fourth-order valence-corrected chi connectivity index (χ4v) is 2.90. The van der Waals surface area contributed by atoms with Crippen molar-refractivity contribution in [3.05, 3.63) is 11.1 Å². The Labute approximate surface area is 93.8 Å². The second kappa shape index (κ2) is 4.71. The molecule has 0 saturated heterocycles. The van der Waals surface area contributed by atoms with E-state index in [9.17, 15) is 0 Å². The van der Waals surface area contributed by atoms with Gasteiger partial charge in [-0.05, 0) is 18.1 Å². The van der Waals surface area contributed by atoms with Crippen molar-refractivity contribution in [2.45, 2.75) is 25.1 Å². The number of aromatic nitrogens is 1. The van der Waals surface area contributed by atoms with Gasteiger partial charge in [-0.3, -0.25) is 0 Å². The SMILES string of the molecule is Cc1csc(SCC(C)(C)CS)n1. The van der Waals surface area contributed by atoms with Crippen molar-refractivity contribution in [1.82, 2.24) is 4.98 Å². The molecule has 0 aliphatic carbocycles. The van der Waals surface area contributed by atoms with Crippen LogP contribution >= 0.6 is 35.7 Å². The summed E-state index contributed by atoms with van der Waals surface area (Å²) in [5, 5.41) is 2.09. The average molecular weight is 233 g/mol. The fraction of sp³-hybridized carbons (Fsp3) is 0.667. The summed E-state index contributed by atoms with van der Waals surface area (Å²) in [4.78, 5) is 4.40. The van der Waals surface area contributed by atoms with E-state index in [0.717, 1.165) is 17.2 Å². The molecule has 0 N–H and O–H groups in total. The summed E-state index contributed by atoms with van der Waals surface area (Å²) >= 11 is 7.88. The van der Waals surface area contributed by atoms with Crippen molar-refractivity contribution in [2.75, 3.05) is 11.5 Å². The Morgan fingerprint density at radius 1 is 1.62 bits per heavy atom. The molecule has 1 aromatic heterocycles. The minimum Gasteiger partial charge on any atom is -0.235 e. The van der Waals surface area contributed by atoms with Crippen molar-refractivity contribution in [3.63, 3.8) is 0 Å². The lowest BCUT2D eigenvalue weighted by molar-refractivity contribution is 0.493. The van der Waals surface area contributed by atoms with E-state index in [-0.39, 0.29) is 0 Å². The van der Waals surface area contributed by atoms with Crippen LogP contribution in [0.3, 0.4) is 0 Å². The van der Waals surface area contributed by atoms with Crippen molar-refractivity contribution >= 4 is 35.7 Å². The van der Waals surface area contributed by atoms with Gasteiger partial charge in [-0.1, -0.05) is 25.6 Å². The van der Waals surface area contributed by atoms with E-state index < -0.39 is 0 Å². The largest absolute Gasteiger partial charge is 0.235 e. The van der Waals surface area contributed by atoms with E-state index in [1.807, 2.05) is 18.7 Å². The molecule has 0 aromatic carbocycles. The minimum atomic E-state index is 0.299. The summed E-state index contributed by atoms with van der Waals surface area (Å²) in [5.41, 5.74) is 1.42.